The Bertz CT molecular complexity index is 1330. The first kappa shape index (κ1) is 80.1. The third kappa shape index (κ3) is 67.2. The first-order valence-electron chi connectivity index (χ1n) is 37.3. The molecule has 3 N–H and O–H groups in total. The minimum atomic E-state index is -0.843. The van der Waals surface area contributed by atoms with Gasteiger partial charge in [-0.25, -0.2) is 0 Å². The largest absolute Gasteiger partial charge is 0.466 e. The van der Waals surface area contributed by atoms with E-state index in [2.05, 4.69) is 43.5 Å². The minimum absolute atomic E-state index is 0.00499. The van der Waals surface area contributed by atoms with Crippen molar-refractivity contribution in [2.45, 2.75) is 424 Å². The maximum absolute atomic E-state index is 12.5. The molecule has 6 nitrogen and oxygen atoms in total. The van der Waals surface area contributed by atoms with Gasteiger partial charge in [0.15, 0.2) is 0 Å². The number of hydrogen-bond acceptors (Lipinski definition) is 5. The van der Waals surface area contributed by atoms with Gasteiger partial charge in [-0.3, -0.25) is 9.59 Å². The lowest BCUT2D eigenvalue weighted by Gasteiger charge is -2.20. The molecule has 1 amide bonds. The van der Waals surface area contributed by atoms with Crippen LogP contribution in [0.1, 0.15) is 412 Å². The maximum Gasteiger partial charge on any atom is 0.305 e. The molecule has 0 aliphatic carbocycles. The third-order valence-corrected chi connectivity index (χ3v) is 17.4. The number of unbranched alkanes of at least 4 members (excludes halogenated alkanes) is 55. The van der Waals surface area contributed by atoms with Crippen molar-refractivity contribution in [3.8, 4) is 0 Å². The quantitative estimate of drug-likeness (QED) is 0.0320. The highest BCUT2D eigenvalue weighted by Gasteiger charge is 2.18. The van der Waals surface area contributed by atoms with Crippen LogP contribution < -0.4 is 5.32 Å². The van der Waals surface area contributed by atoms with Crippen LogP contribution in [0.5, 0.6) is 0 Å². The first-order chi connectivity index (χ1) is 40.5. The lowest BCUT2D eigenvalue weighted by atomic mass is 10.0. The number of ether oxygens (including phenoxy) is 1. The molecular weight excluding hydrogens is 1010 g/mol. The van der Waals surface area contributed by atoms with Crippen LogP contribution in [0.25, 0.3) is 0 Å². The van der Waals surface area contributed by atoms with Crippen molar-refractivity contribution in [1.82, 2.24) is 5.32 Å². The fraction of sp³-hybridized carbons (Fsp3) is 0.895. The molecule has 2 atom stereocenters. The standard InChI is InChI=1S/C76H145NO5/c1-3-5-7-9-11-13-15-17-19-20-21-22-32-35-38-41-44-48-52-56-60-64-68-74(79)73(72-78)77-75(80)69-65-61-57-53-49-45-42-39-36-33-30-28-26-24-23-25-27-29-31-34-37-40-43-47-51-55-59-63-67-71-82-76(81)70-66-62-58-54-50-46-18-16-14-12-10-8-6-4-2/h10,12,16,18,64,68,73-74,78-79H,3-9,11,13-15,17,19-63,65-67,69-72H2,1-2H3,(H,77,80)/b12-10-,18-16-,68-64+. The zero-order chi connectivity index (χ0) is 59.2. The fourth-order valence-corrected chi connectivity index (χ4v) is 11.7. The molecule has 0 saturated heterocycles. The van der Waals surface area contributed by atoms with Crippen molar-refractivity contribution in [2.24, 2.45) is 0 Å². The molecule has 0 rings (SSSR count). The molecule has 6 heteroatoms. The summed E-state index contributed by atoms with van der Waals surface area (Å²) in [5.74, 6) is -0.0553. The molecule has 0 bridgehead atoms. The Morgan fingerprint density at radius 2 is 0.622 bits per heavy atom. The van der Waals surface area contributed by atoms with E-state index in [1.807, 2.05) is 6.08 Å². The Morgan fingerprint density at radius 3 is 0.963 bits per heavy atom. The van der Waals surface area contributed by atoms with Gasteiger partial charge in [-0.2, -0.15) is 0 Å². The van der Waals surface area contributed by atoms with Crippen LogP contribution in [0.15, 0.2) is 36.5 Å². The SMILES string of the molecule is CCCC/C=C\C/C=C\CCCCCCCC(=O)OCCCCCCCCCCCCCCCCCCCCCCCCCCCCCCCC(=O)NC(CO)C(O)/C=C/CCCCCCCCCCCCCCCCCCCCCC. The van der Waals surface area contributed by atoms with E-state index >= 15 is 0 Å². The molecule has 0 saturated carbocycles. The number of hydrogen-bond donors (Lipinski definition) is 3. The summed E-state index contributed by atoms with van der Waals surface area (Å²) in [4.78, 5) is 24.6. The molecule has 0 fully saturated rings. The zero-order valence-corrected chi connectivity index (χ0v) is 55.5. The van der Waals surface area contributed by atoms with E-state index in [4.69, 9.17) is 4.74 Å². The predicted molar refractivity (Wildman–Crippen MR) is 361 cm³/mol. The number of nitrogens with one attached hydrogen (secondary N) is 1. The van der Waals surface area contributed by atoms with Crippen molar-refractivity contribution >= 4 is 11.9 Å². The van der Waals surface area contributed by atoms with Crippen molar-refractivity contribution < 1.29 is 24.5 Å². The van der Waals surface area contributed by atoms with E-state index in [1.54, 1.807) is 6.08 Å². The van der Waals surface area contributed by atoms with Gasteiger partial charge in [-0.15, -0.1) is 0 Å². The van der Waals surface area contributed by atoms with Gasteiger partial charge < -0.3 is 20.3 Å². The van der Waals surface area contributed by atoms with E-state index in [1.165, 1.54) is 334 Å². The summed E-state index contributed by atoms with van der Waals surface area (Å²) in [5.41, 5.74) is 0. The summed E-state index contributed by atoms with van der Waals surface area (Å²) >= 11 is 0. The highest BCUT2D eigenvalue weighted by molar-refractivity contribution is 5.76. The van der Waals surface area contributed by atoms with Gasteiger partial charge in [0.05, 0.1) is 25.4 Å². The van der Waals surface area contributed by atoms with Crippen LogP contribution in [0.4, 0.5) is 0 Å². The molecule has 484 valence electrons. The van der Waals surface area contributed by atoms with E-state index in [9.17, 15) is 19.8 Å². The summed E-state index contributed by atoms with van der Waals surface area (Å²) in [6.45, 7) is 4.90. The van der Waals surface area contributed by atoms with Gasteiger partial charge in [0, 0.05) is 12.8 Å². The van der Waals surface area contributed by atoms with Crippen LogP contribution >= 0.6 is 0 Å². The highest BCUT2D eigenvalue weighted by atomic mass is 16.5. The Morgan fingerprint density at radius 1 is 0.341 bits per heavy atom. The van der Waals surface area contributed by atoms with Gasteiger partial charge >= 0.3 is 5.97 Å². The van der Waals surface area contributed by atoms with Crippen LogP contribution in [0.2, 0.25) is 0 Å². The summed E-state index contributed by atoms with van der Waals surface area (Å²) in [7, 11) is 0. The van der Waals surface area contributed by atoms with Crippen LogP contribution in [0, 0.1) is 0 Å². The molecule has 0 radical (unpaired) electrons. The van der Waals surface area contributed by atoms with Gasteiger partial charge in [-0.1, -0.05) is 378 Å². The topological polar surface area (TPSA) is 95.9 Å². The number of esters is 1. The Hall–Kier alpha value is -1.92. The van der Waals surface area contributed by atoms with Crippen molar-refractivity contribution in [3.05, 3.63) is 36.5 Å². The number of carbonyl (C=O) groups excluding carboxylic acids is 2. The molecule has 2 unspecified atom stereocenters. The fourth-order valence-electron chi connectivity index (χ4n) is 11.7. The van der Waals surface area contributed by atoms with E-state index in [0.29, 0.717) is 19.4 Å². The van der Waals surface area contributed by atoms with Crippen LogP contribution in [-0.4, -0.2) is 47.4 Å². The van der Waals surface area contributed by atoms with Gasteiger partial charge in [-0.05, 0) is 57.8 Å². The Balaban J connectivity index is 3.37. The zero-order valence-electron chi connectivity index (χ0n) is 55.5. The first-order valence-corrected chi connectivity index (χ1v) is 37.3. The smallest absolute Gasteiger partial charge is 0.305 e. The average Bonchev–Trinajstić information content (AvgIpc) is 3.48. The molecule has 0 spiro atoms. The number of allylic oxidation sites excluding steroid dienone is 5. The van der Waals surface area contributed by atoms with Crippen LogP contribution in [-0.2, 0) is 14.3 Å². The average molecular weight is 1150 g/mol. The van der Waals surface area contributed by atoms with E-state index < -0.39 is 12.1 Å². The summed E-state index contributed by atoms with van der Waals surface area (Å²) in [6.07, 6.45) is 92.4. The maximum atomic E-state index is 12.5. The third-order valence-electron chi connectivity index (χ3n) is 17.4. The van der Waals surface area contributed by atoms with Gasteiger partial charge in [0.2, 0.25) is 5.91 Å². The molecule has 82 heavy (non-hydrogen) atoms. The molecule has 0 aromatic heterocycles. The van der Waals surface area contributed by atoms with E-state index in [-0.39, 0.29) is 18.5 Å². The normalized spacial score (nSPS) is 12.7. The van der Waals surface area contributed by atoms with Crippen LogP contribution in [0.3, 0.4) is 0 Å². The molecular formula is C76H145NO5. The summed E-state index contributed by atoms with van der Waals surface area (Å²) in [6, 6.07) is -0.626. The second kappa shape index (κ2) is 71.6. The van der Waals surface area contributed by atoms with Crippen molar-refractivity contribution in [2.75, 3.05) is 13.2 Å². The number of carbonyl (C=O) groups is 2. The predicted octanol–water partition coefficient (Wildman–Crippen LogP) is 24.3. The number of aliphatic hydroxyl groups excluding tert-OH is 2. The second-order valence-electron chi connectivity index (χ2n) is 25.6. The lowest BCUT2D eigenvalue weighted by molar-refractivity contribution is -0.143. The second-order valence-corrected chi connectivity index (χ2v) is 25.6. The van der Waals surface area contributed by atoms with E-state index in [0.717, 1.165) is 51.4 Å². The highest BCUT2D eigenvalue weighted by Crippen LogP contribution is 2.19. The summed E-state index contributed by atoms with van der Waals surface area (Å²) < 4.78 is 5.49. The molecule has 0 aliphatic rings. The monoisotopic (exact) mass is 1150 g/mol. The summed E-state index contributed by atoms with van der Waals surface area (Å²) in [5, 5.41) is 23.3. The van der Waals surface area contributed by atoms with Crippen molar-refractivity contribution in [1.29, 1.82) is 0 Å². The Labute approximate surface area is 513 Å². The number of rotatable bonds is 70. The lowest BCUT2D eigenvalue weighted by Crippen LogP contribution is -2.45. The molecule has 0 aromatic rings. The number of amides is 1. The molecule has 0 aliphatic heterocycles. The molecule has 0 heterocycles. The van der Waals surface area contributed by atoms with Gasteiger partial charge in [0.1, 0.15) is 0 Å². The molecule has 0 aromatic carbocycles. The van der Waals surface area contributed by atoms with Crippen molar-refractivity contribution in [3.63, 3.8) is 0 Å². The van der Waals surface area contributed by atoms with Gasteiger partial charge in [0.25, 0.3) is 0 Å². The number of aliphatic hydroxyl groups is 2. The minimum Gasteiger partial charge on any atom is -0.466 e. The Kier molecular flexibility index (Phi) is 69.9.